The molecule has 0 heterocycles. The van der Waals surface area contributed by atoms with Gasteiger partial charge in [-0.15, -0.1) is 24.0 Å². The molecule has 4 unspecified atom stereocenters. The monoisotopic (exact) mass is 510 g/mol. The summed E-state index contributed by atoms with van der Waals surface area (Å²) in [4.78, 5) is 17.3. The van der Waals surface area contributed by atoms with Crippen molar-refractivity contribution in [3.63, 3.8) is 0 Å². The molecule has 1 aromatic carbocycles. The third kappa shape index (κ3) is 6.59. The van der Waals surface area contributed by atoms with E-state index in [1.165, 1.54) is 12.0 Å². The van der Waals surface area contributed by atoms with E-state index in [1.54, 1.807) is 0 Å². The molecule has 3 aliphatic carbocycles. The van der Waals surface area contributed by atoms with E-state index in [-0.39, 0.29) is 35.8 Å². The fraction of sp³-hybridized carbons (Fsp3) is 0.652. The lowest BCUT2D eigenvalue weighted by Crippen LogP contribution is -2.47. The van der Waals surface area contributed by atoms with Crippen LogP contribution in [0.3, 0.4) is 0 Å². The van der Waals surface area contributed by atoms with E-state index in [0.717, 1.165) is 57.6 Å². The second-order valence-corrected chi connectivity index (χ2v) is 8.72. The van der Waals surface area contributed by atoms with E-state index in [9.17, 15) is 4.79 Å². The molecular formula is C23H35IN4O. The third-order valence-corrected chi connectivity index (χ3v) is 6.29. The van der Waals surface area contributed by atoms with Crippen LogP contribution in [-0.4, -0.2) is 37.0 Å². The van der Waals surface area contributed by atoms with Crippen LogP contribution in [0, 0.1) is 11.8 Å². The van der Waals surface area contributed by atoms with Crippen molar-refractivity contribution in [3.05, 3.63) is 35.9 Å². The summed E-state index contributed by atoms with van der Waals surface area (Å²) in [7, 11) is 0. The van der Waals surface area contributed by atoms with Gasteiger partial charge in [0, 0.05) is 31.1 Å². The van der Waals surface area contributed by atoms with Crippen molar-refractivity contribution in [2.24, 2.45) is 16.8 Å². The maximum absolute atomic E-state index is 12.4. The number of hydrogen-bond donors (Lipinski definition) is 3. The number of hydrogen-bond acceptors (Lipinski definition) is 2. The van der Waals surface area contributed by atoms with Crippen LogP contribution in [0.5, 0.6) is 0 Å². The highest BCUT2D eigenvalue weighted by molar-refractivity contribution is 14.0. The molecule has 3 fully saturated rings. The van der Waals surface area contributed by atoms with Gasteiger partial charge in [-0.05, 0) is 62.8 Å². The number of nitrogens with one attached hydrogen (secondary N) is 3. The molecule has 160 valence electrons. The lowest BCUT2D eigenvalue weighted by atomic mass is 9.85. The molecular weight excluding hydrogens is 475 g/mol. The number of carbonyl (C=O) groups is 1. The van der Waals surface area contributed by atoms with Crippen molar-refractivity contribution in [2.75, 3.05) is 13.1 Å². The molecule has 0 aliphatic heterocycles. The second-order valence-electron chi connectivity index (χ2n) is 8.72. The maximum Gasteiger partial charge on any atom is 0.223 e. The Morgan fingerprint density at radius 2 is 1.83 bits per heavy atom. The van der Waals surface area contributed by atoms with Gasteiger partial charge >= 0.3 is 0 Å². The van der Waals surface area contributed by atoms with Crippen molar-refractivity contribution in [1.82, 2.24) is 16.0 Å². The Labute approximate surface area is 191 Å². The number of rotatable bonds is 7. The zero-order valence-electron chi connectivity index (χ0n) is 17.4. The first-order valence-corrected chi connectivity index (χ1v) is 11.1. The average Bonchev–Trinajstić information content (AvgIpc) is 3.63. The van der Waals surface area contributed by atoms with Gasteiger partial charge < -0.3 is 16.0 Å². The van der Waals surface area contributed by atoms with E-state index in [1.807, 2.05) is 0 Å². The van der Waals surface area contributed by atoms with Crippen LogP contribution in [0.25, 0.3) is 0 Å². The quantitative estimate of drug-likeness (QED) is 0.297. The van der Waals surface area contributed by atoms with Gasteiger partial charge in [-0.2, -0.15) is 0 Å². The van der Waals surface area contributed by atoms with Crippen molar-refractivity contribution in [2.45, 2.75) is 69.9 Å². The van der Waals surface area contributed by atoms with E-state index >= 15 is 0 Å². The third-order valence-electron chi connectivity index (χ3n) is 6.29. The summed E-state index contributed by atoms with van der Waals surface area (Å²) in [6.45, 7) is 3.83. The van der Waals surface area contributed by atoms with Crippen LogP contribution in [0.15, 0.2) is 35.3 Å². The number of amides is 1. The summed E-state index contributed by atoms with van der Waals surface area (Å²) in [5.41, 5.74) is 1.44. The van der Waals surface area contributed by atoms with Crippen molar-refractivity contribution in [3.8, 4) is 0 Å². The minimum atomic E-state index is 0. The highest BCUT2D eigenvalue weighted by Crippen LogP contribution is 2.47. The van der Waals surface area contributed by atoms with Crippen LogP contribution in [0.2, 0.25) is 0 Å². The molecule has 3 aliphatic rings. The molecule has 0 spiro atoms. The van der Waals surface area contributed by atoms with Crippen molar-refractivity contribution >= 4 is 35.8 Å². The van der Waals surface area contributed by atoms with Gasteiger partial charge in [-0.1, -0.05) is 36.8 Å². The van der Waals surface area contributed by atoms with Crippen molar-refractivity contribution < 1.29 is 4.79 Å². The Hall–Kier alpha value is -1.31. The predicted octanol–water partition coefficient (Wildman–Crippen LogP) is 3.80. The Bertz CT molecular complexity index is 691. The van der Waals surface area contributed by atoms with Crippen LogP contribution >= 0.6 is 24.0 Å². The van der Waals surface area contributed by atoms with E-state index in [2.05, 4.69) is 53.2 Å². The standard InChI is InChI=1S/C23H34N4O.HI/c1-2-24-23(25-15-18-14-21(18)16-7-4-3-5-8-16)27-20-10-6-9-17(13-20)22(28)26-19-11-12-19;/h3-5,7-8,17-21H,2,6,9-15H2,1H3,(H,26,28)(H2,24,25,27);1H. The Balaban J connectivity index is 0.00000240. The van der Waals surface area contributed by atoms with E-state index in [0.29, 0.717) is 23.9 Å². The fourth-order valence-corrected chi connectivity index (χ4v) is 4.39. The Kier molecular flexibility index (Phi) is 8.21. The van der Waals surface area contributed by atoms with E-state index < -0.39 is 0 Å². The summed E-state index contributed by atoms with van der Waals surface area (Å²) >= 11 is 0. The number of carbonyl (C=O) groups excluding carboxylic acids is 1. The largest absolute Gasteiger partial charge is 0.357 e. The molecule has 0 aromatic heterocycles. The van der Waals surface area contributed by atoms with Crippen LogP contribution in [0.1, 0.15) is 63.4 Å². The molecule has 29 heavy (non-hydrogen) atoms. The molecule has 4 atom stereocenters. The molecule has 6 heteroatoms. The first-order valence-electron chi connectivity index (χ1n) is 11.1. The molecule has 0 bridgehead atoms. The summed E-state index contributed by atoms with van der Waals surface area (Å²) in [5.74, 6) is 2.65. The van der Waals surface area contributed by atoms with Gasteiger partial charge in [0.2, 0.25) is 5.91 Å². The average molecular weight is 510 g/mol. The minimum Gasteiger partial charge on any atom is -0.357 e. The molecule has 3 saturated carbocycles. The molecule has 1 amide bonds. The summed E-state index contributed by atoms with van der Waals surface area (Å²) in [6, 6.07) is 11.6. The van der Waals surface area contributed by atoms with Gasteiger partial charge in [-0.25, -0.2) is 0 Å². The summed E-state index contributed by atoms with van der Waals surface area (Å²) in [6.07, 6.45) is 7.71. The van der Waals surface area contributed by atoms with Gasteiger partial charge in [0.05, 0.1) is 0 Å². The van der Waals surface area contributed by atoms with Crippen LogP contribution in [0.4, 0.5) is 0 Å². The normalized spacial score (nSPS) is 28.8. The zero-order valence-corrected chi connectivity index (χ0v) is 19.7. The number of nitrogens with zero attached hydrogens (tertiary/aromatic N) is 1. The predicted molar refractivity (Wildman–Crippen MR) is 129 cm³/mol. The smallest absolute Gasteiger partial charge is 0.223 e. The maximum atomic E-state index is 12.4. The number of guanidine groups is 1. The summed E-state index contributed by atoms with van der Waals surface area (Å²) in [5, 5.41) is 10.2. The highest BCUT2D eigenvalue weighted by atomic mass is 127. The highest BCUT2D eigenvalue weighted by Gasteiger charge is 2.38. The first kappa shape index (κ1) is 22.4. The number of aliphatic imine (C=N–C) groups is 1. The number of benzene rings is 1. The molecule has 3 N–H and O–H groups in total. The lowest BCUT2D eigenvalue weighted by Gasteiger charge is -2.30. The molecule has 4 rings (SSSR count). The SMILES string of the molecule is CCNC(=NCC1CC1c1ccccc1)NC1CCCC(C(=O)NC2CC2)C1.I. The fourth-order valence-electron chi connectivity index (χ4n) is 4.39. The van der Waals surface area contributed by atoms with Crippen LogP contribution < -0.4 is 16.0 Å². The minimum absolute atomic E-state index is 0. The van der Waals surface area contributed by atoms with Gasteiger partial charge in [0.25, 0.3) is 0 Å². The van der Waals surface area contributed by atoms with E-state index in [4.69, 9.17) is 4.99 Å². The number of halogens is 1. The van der Waals surface area contributed by atoms with Gasteiger partial charge in [-0.3, -0.25) is 9.79 Å². The lowest BCUT2D eigenvalue weighted by molar-refractivity contribution is -0.126. The Morgan fingerprint density at radius 1 is 1.03 bits per heavy atom. The first-order chi connectivity index (χ1) is 13.7. The zero-order chi connectivity index (χ0) is 19.3. The molecule has 5 nitrogen and oxygen atoms in total. The summed E-state index contributed by atoms with van der Waals surface area (Å²) < 4.78 is 0. The van der Waals surface area contributed by atoms with Crippen molar-refractivity contribution in [1.29, 1.82) is 0 Å². The topological polar surface area (TPSA) is 65.5 Å². The molecule has 0 saturated heterocycles. The second kappa shape index (κ2) is 10.6. The van der Waals surface area contributed by atoms with Crippen LogP contribution in [-0.2, 0) is 4.79 Å². The van der Waals surface area contributed by atoms with Gasteiger partial charge in [0.15, 0.2) is 5.96 Å². The molecule has 0 radical (unpaired) electrons. The molecule has 1 aromatic rings. The van der Waals surface area contributed by atoms with Gasteiger partial charge in [0.1, 0.15) is 0 Å². The Morgan fingerprint density at radius 3 is 2.55 bits per heavy atom.